The van der Waals surface area contributed by atoms with E-state index < -0.39 is 0 Å². The molecule has 3 rings (SSSR count). The van der Waals surface area contributed by atoms with Crippen molar-refractivity contribution in [2.75, 3.05) is 5.32 Å². The van der Waals surface area contributed by atoms with Crippen LogP contribution in [0.2, 0.25) is 0 Å². The third kappa shape index (κ3) is 3.93. The molecule has 0 saturated heterocycles. The summed E-state index contributed by atoms with van der Waals surface area (Å²) in [4.78, 5) is 4.51. The fourth-order valence-electron chi connectivity index (χ4n) is 2.52. The van der Waals surface area contributed by atoms with Crippen molar-refractivity contribution in [2.24, 2.45) is 0 Å². The zero-order valence-corrected chi connectivity index (χ0v) is 16.2. The number of aromatic nitrogens is 3. The SMILES string of the molecule is Cc1cc(NC(C)CCc2ccc(Br)cc2)n2ncc(Br)c2n1. The molecule has 23 heavy (non-hydrogen) atoms. The molecule has 0 aliphatic carbocycles. The molecule has 3 aromatic rings. The van der Waals surface area contributed by atoms with Crippen LogP contribution in [0.3, 0.4) is 0 Å². The van der Waals surface area contributed by atoms with Crippen LogP contribution >= 0.6 is 31.9 Å². The van der Waals surface area contributed by atoms with Crippen LogP contribution in [0.15, 0.2) is 45.5 Å². The Hall–Kier alpha value is -1.40. The molecule has 0 bridgehead atoms. The normalized spacial score (nSPS) is 12.5. The van der Waals surface area contributed by atoms with Crippen LogP contribution in [0.4, 0.5) is 5.82 Å². The average molecular weight is 438 g/mol. The molecule has 0 aliphatic heterocycles. The van der Waals surface area contributed by atoms with Gasteiger partial charge < -0.3 is 5.32 Å². The molecule has 0 amide bonds. The Morgan fingerprint density at radius 3 is 2.70 bits per heavy atom. The van der Waals surface area contributed by atoms with Gasteiger partial charge in [-0.1, -0.05) is 28.1 Å². The number of fused-ring (bicyclic) bond motifs is 1. The number of hydrogen-bond donors (Lipinski definition) is 1. The average Bonchev–Trinajstić information content (AvgIpc) is 2.88. The molecular weight excluding hydrogens is 420 g/mol. The smallest absolute Gasteiger partial charge is 0.171 e. The van der Waals surface area contributed by atoms with E-state index in [1.54, 1.807) is 6.20 Å². The van der Waals surface area contributed by atoms with Gasteiger partial charge in [0.2, 0.25) is 0 Å². The first kappa shape index (κ1) is 16.5. The highest BCUT2D eigenvalue weighted by molar-refractivity contribution is 9.10. The summed E-state index contributed by atoms with van der Waals surface area (Å²) in [5, 5.41) is 7.93. The molecule has 0 fully saturated rings. The molecule has 0 spiro atoms. The highest BCUT2D eigenvalue weighted by Gasteiger charge is 2.11. The summed E-state index contributed by atoms with van der Waals surface area (Å²) in [6.45, 7) is 4.19. The maximum Gasteiger partial charge on any atom is 0.171 e. The summed E-state index contributed by atoms with van der Waals surface area (Å²) in [5.41, 5.74) is 3.16. The summed E-state index contributed by atoms with van der Waals surface area (Å²) >= 11 is 6.96. The van der Waals surface area contributed by atoms with Crippen LogP contribution in [-0.4, -0.2) is 20.6 Å². The molecule has 120 valence electrons. The zero-order chi connectivity index (χ0) is 16.4. The zero-order valence-electron chi connectivity index (χ0n) is 13.1. The Labute approximate surface area is 152 Å². The van der Waals surface area contributed by atoms with Crippen molar-refractivity contribution in [2.45, 2.75) is 32.7 Å². The Morgan fingerprint density at radius 1 is 1.22 bits per heavy atom. The van der Waals surface area contributed by atoms with Crippen LogP contribution < -0.4 is 5.32 Å². The lowest BCUT2D eigenvalue weighted by Crippen LogP contribution is -2.18. The first-order valence-corrected chi connectivity index (χ1v) is 9.13. The van der Waals surface area contributed by atoms with Crippen molar-refractivity contribution in [1.82, 2.24) is 14.6 Å². The largest absolute Gasteiger partial charge is 0.367 e. The minimum Gasteiger partial charge on any atom is -0.367 e. The number of aryl methyl sites for hydroxylation is 2. The highest BCUT2D eigenvalue weighted by Crippen LogP contribution is 2.21. The lowest BCUT2D eigenvalue weighted by molar-refractivity contribution is 0.697. The standard InChI is InChI=1S/C17H18Br2N4/c1-11(3-4-13-5-7-14(18)8-6-13)21-16-9-12(2)22-17-15(19)10-20-23(16)17/h5-11,21H,3-4H2,1-2H3. The highest BCUT2D eigenvalue weighted by atomic mass is 79.9. The molecule has 4 nitrogen and oxygen atoms in total. The molecule has 1 N–H and O–H groups in total. The molecule has 2 heterocycles. The number of nitrogens with zero attached hydrogens (tertiary/aromatic N) is 3. The van der Waals surface area contributed by atoms with E-state index in [0.29, 0.717) is 6.04 Å². The van der Waals surface area contributed by atoms with Crippen molar-refractivity contribution < 1.29 is 0 Å². The summed E-state index contributed by atoms with van der Waals surface area (Å²) in [7, 11) is 0. The molecule has 1 aromatic carbocycles. The van der Waals surface area contributed by atoms with E-state index in [1.165, 1.54) is 5.56 Å². The molecule has 6 heteroatoms. The quantitative estimate of drug-likeness (QED) is 0.610. The predicted octanol–water partition coefficient (Wildman–Crippen LogP) is 5.00. The Balaban J connectivity index is 1.70. The molecule has 0 radical (unpaired) electrons. The topological polar surface area (TPSA) is 42.2 Å². The molecular formula is C17H18Br2N4. The lowest BCUT2D eigenvalue weighted by Gasteiger charge is -2.16. The molecule has 1 unspecified atom stereocenters. The van der Waals surface area contributed by atoms with E-state index in [4.69, 9.17) is 0 Å². The lowest BCUT2D eigenvalue weighted by atomic mass is 10.1. The maximum atomic E-state index is 4.51. The number of halogens is 2. The van der Waals surface area contributed by atoms with Gasteiger partial charge >= 0.3 is 0 Å². The van der Waals surface area contributed by atoms with Crippen molar-refractivity contribution in [1.29, 1.82) is 0 Å². The second kappa shape index (κ2) is 7.01. The van der Waals surface area contributed by atoms with E-state index in [1.807, 2.05) is 17.5 Å². The molecule has 0 saturated carbocycles. The van der Waals surface area contributed by atoms with E-state index in [9.17, 15) is 0 Å². The first-order chi connectivity index (χ1) is 11.0. The second-order valence-electron chi connectivity index (χ2n) is 5.72. The fraction of sp³-hybridized carbons (Fsp3) is 0.294. The molecule has 1 atom stereocenters. The van der Waals surface area contributed by atoms with E-state index >= 15 is 0 Å². The summed E-state index contributed by atoms with van der Waals surface area (Å²) < 4.78 is 3.87. The minimum absolute atomic E-state index is 0.339. The van der Waals surface area contributed by atoms with E-state index in [0.717, 1.165) is 38.9 Å². The predicted molar refractivity (Wildman–Crippen MR) is 101 cm³/mol. The number of hydrogen-bond acceptors (Lipinski definition) is 3. The van der Waals surface area contributed by atoms with Gasteiger partial charge in [-0.25, -0.2) is 4.98 Å². The number of anilines is 1. The van der Waals surface area contributed by atoms with Crippen LogP contribution in [0.1, 0.15) is 24.6 Å². The second-order valence-corrected chi connectivity index (χ2v) is 7.49. The van der Waals surface area contributed by atoms with Gasteiger partial charge in [0.1, 0.15) is 5.82 Å². The van der Waals surface area contributed by atoms with Crippen LogP contribution in [0.25, 0.3) is 5.65 Å². The van der Waals surface area contributed by atoms with Crippen molar-refractivity contribution in [3.05, 3.63) is 56.7 Å². The monoisotopic (exact) mass is 436 g/mol. The van der Waals surface area contributed by atoms with Gasteiger partial charge in [0.25, 0.3) is 0 Å². The van der Waals surface area contributed by atoms with Crippen molar-refractivity contribution in [3.63, 3.8) is 0 Å². The van der Waals surface area contributed by atoms with Gasteiger partial charge in [-0.2, -0.15) is 9.61 Å². The third-order valence-electron chi connectivity index (χ3n) is 3.73. The third-order valence-corrected chi connectivity index (χ3v) is 4.82. The van der Waals surface area contributed by atoms with Crippen molar-refractivity contribution in [3.8, 4) is 0 Å². The van der Waals surface area contributed by atoms with Gasteiger partial charge in [-0.15, -0.1) is 0 Å². The Morgan fingerprint density at radius 2 is 1.96 bits per heavy atom. The fourth-order valence-corrected chi connectivity index (χ4v) is 3.13. The molecule has 2 aromatic heterocycles. The van der Waals surface area contributed by atoms with E-state index in [2.05, 4.69) is 78.4 Å². The Bertz CT molecular complexity index is 811. The maximum absolute atomic E-state index is 4.51. The number of nitrogens with one attached hydrogen (secondary N) is 1. The van der Waals surface area contributed by atoms with Gasteiger partial charge in [0.05, 0.1) is 10.7 Å². The number of rotatable bonds is 5. The van der Waals surface area contributed by atoms with Crippen molar-refractivity contribution >= 4 is 43.3 Å². The van der Waals surface area contributed by atoms with Gasteiger partial charge in [-0.05, 0) is 60.3 Å². The van der Waals surface area contributed by atoms with Gasteiger partial charge in [0, 0.05) is 22.3 Å². The van der Waals surface area contributed by atoms with Crippen LogP contribution in [0.5, 0.6) is 0 Å². The summed E-state index contributed by atoms with van der Waals surface area (Å²) in [6.07, 6.45) is 3.86. The minimum atomic E-state index is 0.339. The van der Waals surface area contributed by atoms with Crippen LogP contribution in [-0.2, 0) is 6.42 Å². The van der Waals surface area contributed by atoms with Gasteiger partial charge in [0.15, 0.2) is 5.65 Å². The van der Waals surface area contributed by atoms with Crippen LogP contribution in [0, 0.1) is 6.92 Å². The number of benzene rings is 1. The summed E-state index contributed by atoms with van der Waals surface area (Å²) in [6, 6.07) is 10.9. The first-order valence-electron chi connectivity index (χ1n) is 7.55. The van der Waals surface area contributed by atoms with E-state index in [-0.39, 0.29) is 0 Å². The Kier molecular flexibility index (Phi) is 5.02. The molecule has 0 aliphatic rings. The van der Waals surface area contributed by atoms with Gasteiger partial charge in [-0.3, -0.25) is 0 Å². The summed E-state index contributed by atoms with van der Waals surface area (Å²) in [5.74, 6) is 0.974.